The van der Waals surface area contributed by atoms with Crippen LogP contribution in [0.5, 0.6) is 17.2 Å². The molecule has 0 aliphatic heterocycles. The highest BCUT2D eigenvalue weighted by Crippen LogP contribution is 2.43. The summed E-state index contributed by atoms with van der Waals surface area (Å²) in [6, 6.07) is 6.78. The molecule has 0 radical (unpaired) electrons. The van der Waals surface area contributed by atoms with Crippen LogP contribution >= 0.6 is 23.2 Å². The lowest BCUT2D eigenvalue weighted by molar-refractivity contribution is -0.136. The van der Waals surface area contributed by atoms with Gasteiger partial charge in [-0.25, -0.2) is 0 Å². The van der Waals surface area contributed by atoms with E-state index in [0.29, 0.717) is 55.0 Å². The van der Waals surface area contributed by atoms with Gasteiger partial charge in [-0.05, 0) is 29.8 Å². The van der Waals surface area contributed by atoms with Crippen molar-refractivity contribution in [3.8, 4) is 28.5 Å². The Morgan fingerprint density at radius 2 is 1.67 bits per heavy atom. The third-order valence-electron chi connectivity index (χ3n) is 4.20. The van der Waals surface area contributed by atoms with Crippen LogP contribution in [-0.4, -0.2) is 37.4 Å². The van der Waals surface area contributed by atoms with Gasteiger partial charge in [0, 0.05) is 21.5 Å². The summed E-state index contributed by atoms with van der Waals surface area (Å²) in [5.74, 6) is 0.378. The molecule has 0 bridgehead atoms. The van der Waals surface area contributed by atoms with Gasteiger partial charge in [-0.2, -0.15) is 0 Å². The highest BCUT2D eigenvalue weighted by molar-refractivity contribution is 6.39. The number of aliphatic carboxylic acids is 1. The summed E-state index contributed by atoms with van der Waals surface area (Å²) in [7, 11) is 4.54. The van der Waals surface area contributed by atoms with Gasteiger partial charge in [0.05, 0.1) is 38.5 Å². The molecule has 0 saturated carbocycles. The SMILES string of the molecule is COc1cc(-c2[nH]c3cc(Cl)cc(Cl)c3c2CC(=O)O)cc(OC)c1OC. The molecule has 0 spiro atoms. The van der Waals surface area contributed by atoms with Crippen molar-refractivity contribution < 1.29 is 24.1 Å². The third-order valence-corrected chi connectivity index (χ3v) is 4.72. The lowest BCUT2D eigenvalue weighted by Gasteiger charge is -2.14. The molecule has 0 aliphatic carbocycles. The van der Waals surface area contributed by atoms with Crippen molar-refractivity contribution >= 4 is 40.1 Å². The molecule has 0 fully saturated rings. The van der Waals surface area contributed by atoms with Crippen LogP contribution in [0.3, 0.4) is 0 Å². The first-order valence-corrected chi connectivity index (χ1v) is 8.67. The van der Waals surface area contributed by atoms with Crippen LogP contribution in [0, 0.1) is 0 Å². The van der Waals surface area contributed by atoms with Crippen molar-refractivity contribution in [3.63, 3.8) is 0 Å². The molecule has 0 saturated heterocycles. The van der Waals surface area contributed by atoms with E-state index in [9.17, 15) is 9.90 Å². The zero-order valence-corrected chi connectivity index (χ0v) is 16.4. The van der Waals surface area contributed by atoms with Crippen LogP contribution in [0.1, 0.15) is 5.56 Å². The van der Waals surface area contributed by atoms with Gasteiger partial charge in [0.25, 0.3) is 0 Å². The largest absolute Gasteiger partial charge is 0.493 e. The minimum absolute atomic E-state index is 0.215. The summed E-state index contributed by atoms with van der Waals surface area (Å²) in [6.07, 6.45) is -0.215. The maximum Gasteiger partial charge on any atom is 0.307 e. The van der Waals surface area contributed by atoms with Crippen molar-refractivity contribution in [1.82, 2.24) is 4.98 Å². The average molecular weight is 410 g/mol. The van der Waals surface area contributed by atoms with Gasteiger partial charge in [0.1, 0.15) is 0 Å². The summed E-state index contributed by atoms with van der Waals surface area (Å²) in [4.78, 5) is 14.7. The first-order chi connectivity index (χ1) is 12.9. The lowest BCUT2D eigenvalue weighted by atomic mass is 10.0. The molecule has 2 N–H and O–H groups in total. The number of carboxylic acids is 1. The van der Waals surface area contributed by atoms with Crippen molar-refractivity contribution in [2.45, 2.75) is 6.42 Å². The Hall–Kier alpha value is -2.57. The van der Waals surface area contributed by atoms with E-state index >= 15 is 0 Å². The number of aromatic nitrogens is 1. The summed E-state index contributed by atoms with van der Waals surface area (Å²) in [5, 5.41) is 10.8. The Bertz CT molecular complexity index is 1000. The zero-order valence-electron chi connectivity index (χ0n) is 14.9. The van der Waals surface area contributed by atoms with Crippen LogP contribution in [-0.2, 0) is 11.2 Å². The third kappa shape index (κ3) is 3.50. The number of hydrogen-bond donors (Lipinski definition) is 2. The summed E-state index contributed by atoms with van der Waals surface area (Å²) < 4.78 is 16.1. The van der Waals surface area contributed by atoms with Gasteiger partial charge in [0.15, 0.2) is 11.5 Å². The van der Waals surface area contributed by atoms with Crippen LogP contribution in [0.15, 0.2) is 24.3 Å². The number of halogens is 2. The second-order valence-corrected chi connectivity index (χ2v) is 6.62. The minimum Gasteiger partial charge on any atom is -0.493 e. The Labute approximate surface area is 165 Å². The molecule has 1 heterocycles. The normalized spacial score (nSPS) is 10.9. The van der Waals surface area contributed by atoms with Crippen molar-refractivity contribution in [2.24, 2.45) is 0 Å². The summed E-state index contributed by atoms with van der Waals surface area (Å²) in [6.45, 7) is 0. The number of fused-ring (bicyclic) bond motifs is 1. The highest BCUT2D eigenvalue weighted by Gasteiger charge is 2.21. The smallest absolute Gasteiger partial charge is 0.307 e. The predicted molar refractivity (Wildman–Crippen MR) is 105 cm³/mol. The van der Waals surface area contributed by atoms with E-state index in [0.717, 1.165) is 0 Å². The van der Waals surface area contributed by atoms with E-state index < -0.39 is 5.97 Å². The molecule has 0 amide bonds. The number of benzene rings is 2. The molecule has 0 atom stereocenters. The van der Waals surface area contributed by atoms with Gasteiger partial charge >= 0.3 is 5.97 Å². The Morgan fingerprint density at radius 3 is 2.19 bits per heavy atom. The van der Waals surface area contributed by atoms with Crippen molar-refractivity contribution in [2.75, 3.05) is 21.3 Å². The van der Waals surface area contributed by atoms with Crippen LogP contribution in [0.25, 0.3) is 22.2 Å². The quantitative estimate of drug-likeness (QED) is 0.611. The second kappa shape index (κ2) is 7.58. The van der Waals surface area contributed by atoms with Gasteiger partial charge in [-0.3, -0.25) is 4.79 Å². The van der Waals surface area contributed by atoms with Gasteiger partial charge in [0.2, 0.25) is 5.75 Å². The monoisotopic (exact) mass is 409 g/mol. The Balaban J connectivity index is 2.34. The van der Waals surface area contributed by atoms with Crippen molar-refractivity contribution in [1.29, 1.82) is 0 Å². The molecule has 0 aliphatic rings. The Kier molecular flexibility index (Phi) is 5.39. The number of hydrogen-bond acceptors (Lipinski definition) is 4. The predicted octanol–water partition coefficient (Wildman–Crippen LogP) is 4.79. The van der Waals surface area contributed by atoms with E-state index in [1.165, 1.54) is 21.3 Å². The zero-order chi connectivity index (χ0) is 19.7. The highest BCUT2D eigenvalue weighted by atomic mass is 35.5. The molecule has 3 aromatic rings. The number of methoxy groups -OCH3 is 3. The number of H-pyrrole nitrogens is 1. The van der Waals surface area contributed by atoms with Gasteiger partial charge in [-0.15, -0.1) is 0 Å². The number of aromatic amines is 1. The fourth-order valence-electron chi connectivity index (χ4n) is 3.11. The van der Waals surface area contributed by atoms with Crippen LogP contribution in [0.2, 0.25) is 10.0 Å². The van der Waals surface area contributed by atoms with E-state index in [2.05, 4.69) is 4.98 Å². The number of carboxylic acid groups (broad SMARTS) is 1. The van der Waals surface area contributed by atoms with Gasteiger partial charge in [-0.1, -0.05) is 23.2 Å². The fraction of sp³-hybridized carbons (Fsp3) is 0.211. The number of carbonyl (C=O) groups is 1. The summed E-state index contributed by atoms with van der Waals surface area (Å²) in [5.41, 5.74) is 2.46. The van der Waals surface area contributed by atoms with E-state index in [-0.39, 0.29) is 6.42 Å². The molecule has 1 aromatic heterocycles. The van der Waals surface area contributed by atoms with E-state index in [1.807, 2.05) is 0 Å². The number of nitrogens with one attached hydrogen (secondary N) is 1. The minimum atomic E-state index is -0.976. The van der Waals surface area contributed by atoms with Crippen LogP contribution in [0.4, 0.5) is 0 Å². The molecule has 142 valence electrons. The Morgan fingerprint density at radius 1 is 1.04 bits per heavy atom. The lowest BCUT2D eigenvalue weighted by Crippen LogP contribution is -2.02. The van der Waals surface area contributed by atoms with Crippen molar-refractivity contribution in [3.05, 3.63) is 39.9 Å². The molecule has 8 heteroatoms. The molecule has 3 rings (SSSR count). The molecule has 27 heavy (non-hydrogen) atoms. The molecule has 0 unspecified atom stereocenters. The van der Waals surface area contributed by atoms with E-state index in [1.54, 1.807) is 24.3 Å². The fourth-order valence-corrected chi connectivity index (χ4v) is 3.72. The number of rotatable bonds is 6. The molecular weight excluding hydrogens is 393 g/mol. The van der Waals surface area contributed by atoms with Gasteiger partial charge < -0.3 is 24.3 Å². The van der Waals surface area contributed by atoms with E-state index in [4.69, 9.17) is 37.4 Å². The second-order valence-electron chi connectivity index (χ2n) is 5.77. The average Bonchev–Trinajstić information content (AvgIpc) is 2.97. The number of ether oxygens (including phenoxy) is 3. The first-order valence-electron chi connectivity index (χ1n) is 7.91. The summed E-state index contributed by atoms with van der Waals surface area (Å²) >= 11 is 12.4. The standard InChI is InChI=1S/C19H17Cl2NO5/c1-25-14-4-9(5-15(26-2)19(14)27-3)18-11(8-16(23)24)17-12(21)6-10(20)7-13(17)22-18/h4-7,22H,8H2,1-3H3,(H,23,24). The molecular formula is C19H17Cl2NO5. The maximum atomic E-state index is 11.5. The van der Waals surface area contributed by atoms with Crippen LogP contribution < -0.4 is 14.2 Å². The molecule has 2 aromatic carbocycles. The molecule has 6 nitrogen and oxygen atoms in total. The topological polar surface area (TPSA) is 80.8 Å². The maximum absolute atomic E-state index is 11.5. The first kappa shape index (κ1) is 19.2.